The van der Waals surface area contributed by atoms with E-state index in [4.69, 9.17) is 4.74 Å². The van der Waals surface area contributed by atoms with E-state index in [0.717, 1.165) is 31.6 Å². The minimum Gasteiger partial charge on any atom is -0.497 e. The summed E-state index contributed by atoms with van der Waals surface area (Å²) >= 11 is 0. The summed E-state index contributed by atoms with van der Waals surface area (Å²) in [4.78, 5) is 0. The van der Waals surface area contributed by atoms with Crippen molar-refractivity contribution >= 4 is 0 Å². The van der Waals surface area contributed by atoms with Gasteiger partial charge in [-0.15, -0.1) is 0 Å². The van der Waals surface area contributed by atoms with Crippen LogP contribution in [0.5, 0.6) is 5.75 Å². The lowest BCUT2D eigenvalue weighted by molar-refractivity contribution is 0.143. The summed E-state index contributed by atoms with van der Waals surface area (Å²) in [6.45, 7) is 3.07. The molecule has 1 unspecified atom stereocenters. The monoisotopic (exact) mass is 235 g/mol. The minimum atomic E-state index is -0.281. The number of aryl methyl sites for hydroxylation is 1. The van der Waals surface area contributed by atoms with Crippen LogP contribution in [0, 0.1) is 0 Å². The minimum absolute atomic E-state index is 0.140. The van der Waals surface area contributed by atoms with Crippen LogP contribution in [0.25, 0.3) is 0 Å². The van der Waals surface area contributed by atoms with Crippen LogP contribution in [0.4, 0.5) is 0 Å². The van der Waals surface area contributed by atoms with Crippen molar-refractivity contribution in [1.82, 2.24) is 5.32 Å². The van der Waals surface area contributed by atoms with Crippen LogP contribution in [-0.4, -0.2) is 25.4 Å². The second kappa shape index (κ2) is 5.07. The molecule has 0 fully saturated rings. The molecule has 0 radical (unpaired) electrons. The molecule has 17 heavy (non-hydrogen) atoms. The molecule has 1 atom stereocenters. The second-order valence-electron chi connectivity index (χ2n) is 4.65. The Morgan fingerprint density at radius 3 is 2.94 bits per heavy atom. The molecule has 0 bridgehead atoms. The third-order valence-corrected chi connectivity index (χ3v) is 3.67. The summed E-state index contributed by atoms with van der Waals surface area (Å²) in [5.74, 6) is 0.862. The summed E-state index contributed by atoms with van der Waals surface area (Å²) in [7, 11) is 1.68. The number of fused-ring (bicyclic) bond motifs is 1. The molecule has 0 saturated heterocycles. The van der Waals surface area contributed by atoms with E-state index in [9.17, 15) is 5.11 Å². The summed E-state index contributed by atoms with van der Waals surface area (Å²) in [5, 5.41) is 13.2. The van der Waals surface area contributed by atoms with E-state index in [2.05, 4.69) is 24.4 Å². The first-order chi connectivity index (χ1) is 8.25. The van der Waals surface area contributed by atoms with Crippen LogP contribution in [0.15, 0.2) is 18.2 Å². The number of rotatable bonds is 4. The Labute approximate surface area is 103 Å². The molecule has 3 nitrogen and oxygen atoms in total. The molecule has 2 rings (SSSR count). The zero-order valence-corrected chi connectivity index (χ0v) is 10.6. The highest BCUT2D eigenvalue weighted by molar-refractivity contribution is 5.42. The molecular formula is C14H21NO2. The van der Waals surface area contributed by atoms with Gasteiger partial charge in [-0.3, -0.25) is 0 Å². The maximum Gasteiger partial charge on any atom is 0.119 e. The lowest BCUT2D eigenvalue weighted by atomic mass is 9.77. The average Bonchev–Trinajstić information content (AvgIpc) is 2.39. The average molecular weight is 235 g/mol. The second-order valence-corrected chi connectivity index (χ2v) is 4.65. The van der Waals surface area contributed by atoms with Gasteiger partial charge >= 0.3 is 0 Å². The molecule has 0 heterocycles. The van der Waals surface area contributed by atoms with Crippen molar-refractivity contribution in [3.63, 3.8) is 0 Å². The van der Waals surface area contributed by atoms with Gasteiger partial charge in [0.25, 0.3) is 0 Å². The van der Waals surface area contributed by atoms with Gasteiger partial charge in [-0.05, 0) is 49.1 Å². The highest BCUT2D eigenvalue weighted by Gasteiger charge is 2.35. The molecule has 1 aliphatic carbocycles. The summed E-state index contributed by atoms with van der Waals surface area (Å²) in [6, 6.07) is 6.18. The van der Waals surface area contributed by atoms with E-state index in [1.165, 1.54) is 11.1 Å². The van der Waals surface area contributed by atoms with Gasteiger partial charge in [0.1, 0.15) is 5.75 Å². The quantitative estimate of drug-likeness (QED) is 0.836. The number of hydrogen-bond donors (Lipinski definition) is 2. The van der Waals surface area contributed by atoms with Crippen molar-refractivity contribution in [3.8, 4) is 5.75 Å². The maximum absolute atomic E-state index is 9.78. The van der Waals surface area contributed by atoms with Gasteiger partial charge in [0.2, 0.25) is 0 Å². The third-order valence-electron chi connectivity index (χ3n) is 3.67. The standard InChI is InChI=1S/C14H21NO2/c1-3-15-14(10-16)8-4-5-11-6-7-12(17-2)9-13(11)14/h6-7,9,15-16H,3-5,8,10H2,1-2H3. The van der Waals surface area contributed by atoms with Gasteiger partial charge in [0, 0.05) is 0 Å². The van der Waals surface area contributed by atoms with Crippen LogP contribution in [0.1, 0.15) is 30.9 Å². The zero-order valence-electron chi connectivity index (χ0n) is 10.6. The number of nitrogens with one attached hydrogen (secondary N) is 1. The van der Waals surface area contributed by atoms with E-state index < -0.39 is 0 Å². The maximum atomic E-state index is 9.78. The predicted octanol–water partition coefficient (Wildman–Crippen LogP) is 1.83. The number of likely N-dealkylation sites (N-methyl/N-ethyl adjacent to an activating group) is 1. The summed E-state index contributed by atoms with van der Waals surface area (Å²) < 4.78 is 5.29. The molecule has 0 saturated carbocycles. The van der Waals surface area contributed by atoms with Crippen molar-refractivity contribution < 1.29 is 9.84 Å². The highest BCUT2D eigenvalue weighted by Crippen LogP contribution is 2.37. The number of methoxy groups -OCH3 is 1. The van der Waals surface area contributed by atoms with Gasteiger partial charge < -0.3 is 15.2 Å². The van der Waals surface area contributed by atoms with Crippen molar-refractivity contribution in [2.75, 3.05) is 20.3 Å². The number of aliphatic hydroxyl groups excluding tert-OH is 1. The molecule has 0 amide bonds. The Kier molecular flexibility index (Phi) is 3.69. The van der Waals surface area contributed by atoms with Gasteiger partial charge in [0.15, 0.2) is 0 Å². The largest absolute Gasteiger partial charge is 0.497 e. The normalized spacial score (nSPS) is 23.2. The molecule has 94 valence electrons. The molecular weight excluding hydrogens is 214 g/mol. The molecule has 0 spiro atoms. The Morgan fingerprint density at radius 1 is 1.47 bits per heavy atom. The van der Waals surface area contributed by atoms with Gasteiger partial charge in [-0.25, -0.2) is 0 Å². The highest BCUT2D eigenvalue weighted by atomic mass is 16.5. The van der Waals surface area contributed by atoms with Crippen LogP contribution < -0.4 is 10.1 Å². The Bertz CT molecular complexity index is 392. The number of hydrogen-bond acceptors (Lipinski definition) is 3. The van der Waals surface area contributed by atoms with Crippen LogP contribution in [0.3, 0.4) is 0 Å². The lowest BCUT2D eigenvalue weighted by Gasteiger charge is -2.38. The first kappa shape index (κ1) is 12.4. The number of ether oxygens (including phenoxy) is 1. The van der Waals surface area contributed by atoms with Gasteiger partial charge in [-0.1, -0.05) is 13.0 Å². The van der Waals surface area contributed by atoms with Gasteiger partial charge in [-0.2, -0.15) is 0 Å². The first-order valence-electron chi connectivity index (χ1n) is 6.29. The lowest BCUT2D eigenvalue weighted by Crippen LogP contribution is -2.47. The molecule has 2 N–H and O–H groups in total. The predicted molar refractivity (Wildman–Crippen MR) is 68.4 cm³/mol. The van der Waals surface area contributed by atoms with E-state index in [0.29, 0.717) is 0 Å². The first-order valence-corrected chi connectivity index (χ1v) is 6.29. The summed E-state index contributed by atoms with van der Waals surface area (Å²) in [6.07, 6.45) is 3.19. The van der Waals surface area contributed by atoms with Crippen LogP contribution in [-0.2, 0) is 12.0 Å². The van der Waals surface area contributed by atoms with Crippen LogP contribution in [0.2, 0.25) is 0 Å². The molecule has 1 aromatic rings. The van der Waals surface area contributed by atoms with Crippen molar-refractivity contribution in [2.45, 2.75) is 31.7 Å². The fraction of sp³-hybridized carbons (Fsp3) is 0.571. The van der Waals surface area contributed by atoms with E-state index in [1.807, 2.05) is 6.07 Å². The zero-order chi connectivity index (χ0) is 12.3. The molecule has 1 aromatic carbocycles. The SMILES string of the molecule is CCNC1(CO)CCCc2ccc(OC)cc21. The molecule has 0 aromatic heterocycles. The number of aliphatic hydroxyl groups is 1. The van der Waals surface area contributed by atoms with Crippen molar-refractivity contribution in [2.24, 2.45) is 0 Å². The van der Waals surface area contributed by atoms with E-state index in [1.54, 1.807) is 7.11 Å². The molecule has 3 heteroatoms. The Hall–Kier alpha value is -1.06. The number of benzene rings is 1. The summed E-state index contributed by atoms with van der Waals surface area (Å²) in [5.41, 5.74) is 2.25. The van der Waals surface area contributed by atoms with Crippen molar-refractivity contribution in [1.29, 1.82) is 0 Å². The van der Waals surface area contributed by atoms with Crippen LogP contribution >= 0.6 is 0 Å². The van der Waals surface area contributed by atoms with Crippen molar-refractivity contribution in [3.05, 3.63) is 29.3 Å². The van der Waals surface area contributed by atoms with E-state index in [-0.39, 0.29) is 12.1 Å². The third kappa shape index (κ3) is 2.17. The molecule has 0 aliphatic heterocycles. The fourth-order valence-electron chi connectivity index (χ4n) is 2.80. The fourth-order valence-corrected chi connectivity index (χ4v) is 2.80. The van der Waals surface area contributed by atoms with E-state index >= 15 is 0 Å². The Balaban J connectivity index is 2.46. The Morgan fingerprint density at radius 2 is 2.29 bits per heavy atom. The topological polar surface area (TPSA) is 41.5 Å². The smallest absolute Gasteiger partial charge is 0.119 e. The van der Waals surface area contributed by atoms with Gasteiger partial charge in [0.05, 0.1) is 19.3 Å². The molecule has 1 aliphatic rings.